The van der Waals surface area contributed by atoms with Gasteiger partial charge in [0, 0.05) is 37.7 Å². The quantitative estimate of drug-likeness (QED) is 0.170. The van der Waals surface area contributed by atoms with E-state index in [0.717, 1.165) is 24.5 Å². The molecule has 5 rings (SSSR count). The summed E-state index contributed by atoms with van der Waals surface area (Å²) in [6, 6.07) is 12.1. The van der Waals surface area contributed by atoms with Gasteiger partial charge in [0.1, 0.15) is 23.2 Å². The summed E-state index contributed by atoms with van der Waals surface area (Å²) in [4.78, 5) is 62.2. The molecular formula is C33H30F2N4O8S. The van der Waals surface area contributed by atoms with Crippen LogP contribution in [0.5, 0.6) is 0 Å². The molecule has 0 saturated heterocycles. The molecule has 0 radical (unpaired) electrons. The van der Waals surface area contributed by atoms with Crippen molar-refractivity contribution in [1.29, 1.82) is 0 Å². The number of amides is 1. The predicted molar refractivity (Wildman–Crippen MR) is 170 cm³/mol. The number of hydrogen-bond acceptors (Lipinski definition) is 8. The normalized spacial score (nSPS) is 13.4. The van der Waals surface area contributed by atoms with Crippen LogP contribution in [0, 0.1) is 17.6 Å². The van der Waals surface area contributed by atoms with Gasteiger partial charge in [-0.25, -0.2) is 31.4 Å². The first kappa shape index (κ1) is 33.9. The van der Waals surface area contributed by atoms with Crippen molar-refractivity contribution in [2.24, 2.45) is 13.0 Å². The molecule has 1 heterocycles. The van der Waals surface area contributed by atoms with Crippen molar-refractivity contribution in [3.05, 3.63) is 122 Å². The van der Waals surface area contributed by atoms with Crippen LogP contribution in [0.4, 0.5) is 14.5 Å². The summed E-state index contributed by atoms with van der Waals surface area (Å²) in [6.45, 7) is 0. The topological polar surface area (TPSA) is 163 Å². The van der Waals surface area contributed by atoms with Crippen LogP contribution in [0.1, 0.15) is 45.5 Å². The molecule has 250 valence electrons. The number of nitrogens with zero attached hydrogens (tertiary/aromatic N) is 2. The van der Waals surface area contributed by atoms with Crippen LogP contribution >= 0.6 is 0 Å². The molecular weight excluding hydrogens is 650 g/mol. The number of Topliss-reactive ketones (excluding diaryl/α,β-unsaturated/α-hetero) is 1. The molecule has 1 aromatic heterocycles. The zero-order valence-corrected chi connectivity index (χ0v) is 26.6. The Kier molecular flexibility index (Phi) is 9.70. The fraction of sp³-hybridized carbons (Fsp3) is 0.242. The van der Waals surface area contributed by atoms with Gasteiger partial charge in [-0.1, -0.05) is 24.3 Å². The van der Waals surface area contributed by atoms with Crippen LogP contribution in [-0.4, -0.2) is 48.4 Å². The highest BCUT2D eigenvalue weighted by Gasteiger charge is 2.28. The summed E-state index contributed by atoms with van der Waals surface area (Å²) < 4.78 is 64.9. The van der Waals surface area contributed by atoms with Gasteiger partial charge in [0.05, 0.1) is 23.4 Å². The Morgan fingerprint density at radius 1 is 0.958 bits per heavy atom. The first-order valence-electron chi connectivity index (χ1n) is 14.7. The second-order valence-corrected chi connectivity index (χ2v) is 13.0. The van der Waals surface area contributed by atoms with E-state index in [2.05, 4.69) is 10.0 Å². The summed E-state index contributed by atoms with van der Waals surface area (Å²) in [5, 5.41) is 2.24. The van der Waals surface area contributed by atoms with Crippen LogP contribution in [0.25, 0.3) is 5.69 Å². The monoisotopic (exact) mass is 680 g/mol. The molecule has 3 aromatic carbocycles. The SMILES string of the molecule is COC(=O)[C@H](Cc1ccc(-n2c(=O)ccn(C)c2=O)cc1)NC(=O)c1c(F)cc(NS(=O)(=O)c2ccc(C(=O)CC3CC3)cc2)cc1F. The molecule has 48 heavy (non-hydrogen) atoms. The Morgan fingerprint density at radius 3 is 2.17 bits per heavy atom. The van der Waals surface area contributed by atoms with Crippen LogP contribution in [-0.2, 0) is 33.0 Å². The number of sulfonamides is 1. The number of aromatic nitrogens is 2. The molecule has 1 saturated carbocycles. The number of anilines is 1. The highest BCUT2D eigenvalue weighted by atomic mass is 32.2. The third-order valence-electron chi connectivity index (χ3n) is 7.76. The van der Waals surface area contributed by atoms with Gasteiger partial charge in [-0.2, -0.15) is 0 Å². The van der Waals surface area contributed by atoms with Gasteiger partial charge in [-0.15, -0.1) is 0 Å². The molecule has 1 amide bonds. The van der Waals surface area contributed by atoms with Gasteiger partial charge < -0.3 is 14.6 Å². The zero-order valence-electron chi connectivity index (χ0n) is 25.7. The largest absolute Gasteiger partial charge is 0.467 e. The van der Waals surface area contributed by atoms with E-state index in [-0.39, 0.29) is 22.8 Å². The Bertz CT molecular complexity index is 2100. The van der Waals surface area contributed by atoms with Crippen molar-refractivity contribution in [3.63, 3.8) is 0 Å². The van der Waals surface area contributed by atoms with Gasteiger partial charge >= 0.3 is 11.7 Å². The Hall–Kier alpha value is -5.44. The number of rotatable bonds is 12. The minimum atomic E-state index is -4.32. The molecule has 1 aliphatic carbocycles. The van der Waals surface area contributed by atoms with Crippen LogP contribution < -0.4 is 21.3 Å². The first-order valence-corrected chi connectivity index (χ1v) is 16.2. The zero-order chi connectivity index (χ0) is 34.7. The molecule has 4 aromatic rings. The number of halogens is 2. The molecule has 0 bridgehead atoms. The molecule has 0 unspecified atom stereocenters. The molecule has 1 fully saturated rings. The Morgan fingerprint density at radius 2 is 1.58 bits per heavy atom. The number of aryl methyl sites for hydroxylation is 1. The average molecular weight is 681 g/mol. The lowest BCUT2D eigenvalue weighted by molar-refractivity contribution is -0.142. The van der Waals surface area contributed by atoms with Crippen molar-refractivity contribution in [2.75, 3.05) is 11.8 Å². The van der Waals surface area contributed by atoms with Crippen molar-refractivity contribution < 1.29 is 36.3 Å². The van der Waals surface area contributed by atoms with E-state index in [4.69, 9.17) is 4.74 Å². The number of benzene rings is 3. The number of methoxy groups -OCH3 is 1. The second kappa shape index (κ2) is 13.7. The van der Waals surface area contributed by atoms with Crippen molar-refractivity contribution in [3.8, 4) is 5.69 Å². The smallest absolute Gasteiger partial charge is 0.335 e. The number of esters is 1. The Labute approximate surface area is 273 Å². The van der Waals surface area contributed by atoms with E-state index < -0.39 is 62.1 Å². The molecule has 2 N–H and O–H groups in total. The predicted octanol–water partition coefficient (Wildman–Crippen LogP) is 3.11. The average Bonchev–Trinajstić information content (AvgIpc) is 3.86. The van der Waals surface area contributed by atoms with E-state index in [1.165, 1.54) is 72.4 Å². The minimum Gasteiger partial charge on any atom is -0.467 e. The number of ether oxygens (including phenoxy) is 1. The summed E-state index contributed by atoms with van der Waals surface area (Å²) in [5.41, 5.74) is -1.66. The molecule has 15 heteroatoms. The summed E-state index contributed by atoms with van der Waals surface area (Å²) in [7, 11) is -1.78. The summed E-state index contributed by atoms with van der Waals surface area (Å²) >= 11 is 0. The summed E-state index contributed by atoms with van der Waals surface area (Å²) in [5.74, 6) is -4.80. The van der Waals surface area contributed by atoms with Crippen molar-refractivity contribution in [2.45, 2.75) is 36.6 Å². The van der Waals surface area contributed by atoms with Crippen LogP contribution in [0.3, 0.4) is 0 Å². The molecule has 0 spiro atoms. The van der Waals surface area contributed by atoms with Gasteiger partial charge in [0.15, 0.2) is 5.78 Å². The highest BCUT2D eigenvalue weighted by Crippen LogP contribution is 2.33. The second-order valence-electron chi connectivity index (χ2n) is 11.3. The maximum Gasteiger partial charge on any atom is 0.335 e. The standard InChI is InChI=1S/C33H30F2N4O8S/c1-38-14-13-29(41)39(33(38)44)23-9-5-19(6-10-23)15-27(32(43)47-2)36-31(42)30-25(34)17-22(18-26(30)35)37-48(45,46)24-11-7-21(8-12-24)28(40)16-20-3-4-20/h5-14,17-18,20,27,37H,3-4,15-16H2,1-2H3,(H,36,42)/t27-/m0/s1. The lowest BCUT2D eigenvalue weighted by Gasteiger charge is -2.18. The van der Waals surface area contributed by atoms with Gasteiger partial charge in [-0.3, -0.25) is 19.1 Å². The lowest BCUT2D eigenvalue weighted by atomic mass is 10.0. The van der Waals surface area contributed by atoms with E-state index in [1.807, 2.05) is 0 Å². The van der Waals surface area contributed by atoms with Gasteiger partial charge in [0.2, 0.25) is 0 Å². The summed E-state index contributed by atoms with van der Waals surface area (Å²) in [6.07, 6.45) is 3.50. The van der Waals surface area contributed by atoms with Gasteiger partial charge in [-0.05, 0) is 60.7 Å². The van der Waals surface area contributed by atoms with E-state index in [1.54, 1.807) is 0 Å². The highest BCUT2D eigenvalue weighted by molar-refractivity contribution is 7.92. The number of nitrogens with one attached hydrogen (secondary N) is 2. The third-order valence-corrected chi connectivity index (χ3v) is 9.16. The van der Waals surface area contributed by atoms with E-state index in [9.17, 15) is 32.4 Å². The molecule has 1 atom stereocenters. The minimum absolute atomic E-state index is 0.103. The molecule has 1 aliphatic rings. The van der Waals surface area contributed by atoms with Crippen LogP contribution in [0.15, 0.2) is 87.4 Å². The molecule has 0 aliphatic heterocycles. The fourth-order valence-corrected chi connectivity index (χ4v) is 6.01. The van der Waals surface area contributed by atoms with E-state index in [0.29, 0.717) is 35.6 Å². The fourth-order valence-electron chi connectivity index (χ4n) is 4.97. The van der Waals surface area contributed by atoms with Crippen molar-refractivity contribution >= 4 is 33.4 Å². The lowest BCUT2D eigenvalue weighted by Crippen LogP contribution is -2.43. The van der Waals surface area contributed by atoms with E-state index >= 15 is 8.78 Å². The number of carbonyl (C=O) groups excluding carboxylic acids is 3. The number of hydrogen-bond donors (Lipinski definition) is 2. The number of carbonyl (C=O) groups is 3. The Balaban J connectivity index is 1.29. The third kappa shape index (κ3) is 7.57. The maximum absolute atomic E-state index is 15.1. The first-order chi connectivity index (χ1) is 22.8. The van der Waals surface area contributed by atoms with Crippen molar-refractivity contribution in [1.82, 2.24) is 14.5 Å². The number of ketones is 1. The van der Waals surface area contributed by atoms with Gasteiger partial charge in [0.25, 0.3) is 21.5 Å². The maximum atomic E-state index is 15.1. The van der Waals surface area contributed by atoms with Crippen LogP contribution in [0.2, 0.25) is 0 Å². The molecule has 12 nitrogen and oxygen atoms in total.